The van der Waals surface area contributed by atoms with Crippen LogP contribution in [0.3, 0.4) is 0 Å². The number of rotatable bonds is 3. The summed E-state index contributed by atoms with van der Waals surface area (Å²) >= 11 is 1.44. The van der Waals surface area contributed by atoms with Gasteiger partial charge < -0.3 is 5.32 Å². The van der Waals surface area contributed by atoms with Crippen molar-refractivity contribution < 1.29 is 4.79 Å². The molecule has 13 heavy (non-hydrogen) atoms. The van der Waals surface area contributed by atoms with E-state index in [1.807, 2.05) is 0 Å². The van der Waals surface area contributed by atoms with Gasteiger partial charge in [-0.15, -0.1) is 10.2 Å². The third-order valence-corrected chi connectivity index (χ3v) is 2.19. The zero-order chi connectivity index (χ0) is 9.84. The van der Waals surface area contributed by atoms with Crippen LogP contribution in [0.4, 0.5) is 5.13 Å². The lowest BCUT2D eigenvalue weighted by atomic mass is 10.1. The summed E-state index contributed by atoms with van der Waals surface area (Å²) in [5, 5.41) is 12.0. The average Bonchev–Trinajstić information content (AvgIpc) is 2.33. The van der Waals surface area contributed by atoms with Crippen LogP contribution in [0.2, 0.25) is 0 Å². The van der Waals surface area contributed by atoms with Crippen molar-refractivity contribution in [3.8, 4) is 0 Å². The molecule has 0 aromatic carbocycles. The fraction of sp³-hybridized carbons (Fsp3) is 0.625. The SMILES string of the molecule is CC(=O)Nc1nnc(CC(C)C)s1. The Kier molecular flexibility index (Phi) is 3.36. The standard InChI is InChI=1S/C8H13N3OS/c1-5(2)4-7-10-11-8(13-7)9-6(3)12/h5H,4H2,1-3H3,(H,9,11,12). The van der Waals surface area contributed by atoms with Crippen LogP contribution in [0.1, 0.15) is 25.8 Å². The van der Waals surface area contributed by atoms with Gasteiger partial charge in [-0.05, 0) is 5.92 Å². The molecule has 0 radical (unpaired) electrons. The molecule has 0 atom stereocenters. The topological polar surface area (TPSA) is 54.9 Å². The summed E-state index contributed by atoms with van der Waals surface area (Å²) in [5.74, 6) is 0.463. The lowest BCUT2D eigenvalue weighted by Gasteiger charge is -1.97. The van der Waals surface area contributed by atoms with Crippen molar-refractivity contribution in [2.75, 3.05) is 5.32 Å². The van der Waals surface area contributed by atoms with E-state index in [0.717, 1.165) is 11.4 Å². The maximum absolute atomic E-state index is 10.7. The Morgan fingerprint density at radius 1 is 1.54 bits per heavy atom. The maximum Gasteiger partial charge on any atom is 0.223 e. The molecular weight excluding hydrogens is 186 g/mol. The van der Waals surface area contributed by atoms with Crippen molar-refractivity contribution in [2.45, 2.75) is 27.2 Å². The summed E-state index contributed by atoms with van der Waals surface area (Å²) in [6, 6.07) is 0. The van der Waals surface area contributed by atoms with Gasteiger partial charge in [-0.3, -0.25) is 4.79 Å². The molecule has 1 N–H and O–H groups in total. The molecule has 72 valence electrons. The van der Waals surface area contributed by atoms with Crippen molar-refractivity contribution >= 4 is 22.4 Å². The van der Waals surface area contributed by atoms with Gasteiger partial charge in [0.05, 0.1) is 0 Å². The zero-order valence-corrected chi connectivity index (χ0v) is 8.81. The lowest BCUT2D eigenvalue weighted by molar-refractivity contribution is -0.114. The van der Waals surface area contributed by atoms with Crippen LogP contribution in [0, 0.1) is 5.92 Å². The molecular formula is C8H13N3OS. The number of aromatic nitrogens is 2. The Balaban J connectivity index is 2.58. The van der Waals surface area contributed by atoms with E-state index in [1.54, 1.807) is 0 Å². The molecule has 0 saturated carbocycles. The van der Waals surface area contributed by atoms with E-state index in [2.05, 4.69) is 29.4 Å². The predicted molar refractivity (Wildman–Crippen MR) is 52.8 cm³/mol. The highest BCUT2D eigenvalue weighted by Crippen LogP contribution is 2.17. The van der Waals surface area contributed by atoms with Gasteiger partial charge >= 0.3 is 0 Å². The number of amides is 1. The molecule has 1 aromatic heterocycles. The molecule has 1 aromatic rings. The van der Waals surface area contributed by atoms with E-state index in [4.69, 9.17) is 0 Å². The molecule has 0 aliphatic carbocycles. The molecule has 0 aliphatic heterocycles. The van der Waals surface area contributed by atoms with Crippen molar-refractivity contribution in [3.05, 3.63) is 5.01 Å². The van der Waals surface area contributed by atoms with Crippen LogP contribution in [-0.2, 0) is 11.2 Å². The van der Waals surface area contributed by atoms with Crippen LogP contribution in [0.5, 0.6) is 0 Å². The van der Waals surface area contributed by atoms with E-state index in [-0.39, 0.29) is 5.91 Å². The minimum atomic E-state index is -0.104. The molecule has 0 bridgehead atoms. The highest BCUT2D eigenvalue weighted by molar-refractivity contribution is 7.15. The summed E-state index contributed by atoms with van der Waals surface area (Å²) in [6.07, 6.45) is 0.914. The summed E-state index contributed by atoms with van der Waals surface area (Å²) in [4.78, 5) is 10.7. The Hall–Kier alpha value is -0.970. The van der Waals surface area contributed by atoms with Gasteiger partial charge in [-0.25, -0.2) is 0 Å². The second kappa shape index (κ2) is 4.32. The van der Waals surface area contributed by atoms with Crippen molar-refractivity contribution in [3.63, 3.8) is 0 Å². The monoisotopic (exact) mass is 199 g/mol. The number of carbonyl (C=O) groups excluding carboxylic acids is 1. The number of carbonyl (C=O) groups is 1. The van der Waals surface area contributed by atoms with Gasteiger partial charge in [0.2, 0.25) is 11.0 Å². The molecule has 0 unspecified atom stereocenters. The van der Waals surface area contributed by atoms with Crippen molar-refractivity contribution in [1.29, 1.82) is 0 Å². The van der Waals surface area contributed by atoms with Gasteiger partial charge in [0.15, 0.2) is 0 Å². The summed E-state index contributed by atoms with van der Waals surface area (Å²) in [7, 11) is 0. The molecule has 0 aliphatic rings. The molecule has 4 nitrogen and oxygen atoms in total. The van der Waals surface area contributed by atoms with Gasteiger partial charge in [0.25, 0.3) is 0 Å². The first-order valence-corrected chi connectivity index (χ1v) is 4.99. The quantitative estimate of drug-likeness (QED) is 0.806. The predicted octanol–water partition coefficient (Wildman–Crippen LogP) is 1.69. The van der Waals surface area contributed by atoms with E-state index in [1.165, 1.54) is 18.3 Å². The van der Waals surface area contributed by atoms with Crippen LogP contribution < -0.4 is 5.32 Å². The van der Waals surface area contributed by atoms with Gasteiger partial charge in [0, 0.05) is 13.3 Å². The maximum atomic E-state index is 10.7. The van der Waals surface area contributed by atoms with Crippen molar-refractivity contribution in [1.82, 2.24) is 10.2 Å². The first-order valence-electron chi connectivity index (χ1n) is 4.18. The largest absolute Gasteiger partial charge is 0.301 e. The summed E-state index contributed by atoms with van der Waals surface area (Å²) in [5.41, 5.74) is 0. The smallest absolute Gasteiger partial charge is 0.223 e. The Labute approximate surface area is 81.4 Å². The second-order valence-electron chi connectivity index (χ2n) is 3.28. The highest BCUT2D eigenvalue weighted by atomic mass is 32.1. The number of nitrogens with zero attached hydrogens (tertiary/aromatic N) is 2. The third kappa shape index (κ3) is 3.50. The lowest BCUT2D eigenvalue weighted by Crippen LogP contribution is -2.04. The number of nitrogens with one attached hydrogen (secondary N) is 1. The van der Waals surface area contributed by atoms with Crippen LogP contribution >= 0.6 is 11.3 Å². The van der Waals surface area contributed by atoms with Gasteiger partial charge in [-0.2, -0.15) is 0 Å². The first kappa shape index (κ1) is 10.1. The highest BCUT2D eigenvalue weighted by Gasteiger charge is 2.06. The van der Waals surface area contributed by atoms with Gasteiger partial charge in [-0.1, -0.05) is 25.2 Å². The molecule has 0 fully saturated rings. The fourth-order valence-electron chi connectivity index (χ4n) is 0.886. The fourth-order valence-corrected chi connectivity index (χ4v) is 1.88. The Morgan fingerprint density at radius 3 is 2.77 bits per heavy atom. The van der Waals surface area contributed by atoms with E-state index in [9.17, 15) is 4.79 Å². The van der Waals surface area contributed by atoms with Crippen LogP contribution in [0.15, 0.2) is 0 Å². The molecule has 0 spiro atoms. The minimum absolute atomic E-state index is 0.104. The Bertz CT molecular complexity index is 295. The zero-order valence-electron chi connectivity index (χ0n) is 8.00. The third-order valence-electron chi connectivity index (χ3n) is 1.33. The number of hydrogen-bond donors (Lipinski definition) is 1. The van der Waals surface area contributed by atoms with E-state index >= 15 is 0 Å². The molecule has 5 heteroatoms. The average molecular weight is 199 g/mol. The minimum Gasteiger partial charge on any atom is -0.301 e. The number of anilines is 1. The normalized spacial score (nSPS) is 10.5. The van der Waals surface area contributed by atoms with Crippen molar-refractivity contribution in [2.24, 2.45) is 5.92 Å². The van der Waals surface area contributed by atoms with Crippen LogP contribution in [0.25, 0.3) is 0 Å². The molecule has 1 rings (SSSR count). The summed E-state index contributed by atoms with van der Waals surface area (Å²) < 4.78 is 0. The van der Waals surface area contributed by atoms with E-state index in [0.29, 0.717) is 11.0 Å². The first-order chi connectivity index (χ1) is 6.08. The Morgan fingerprint density at radius 2 is 2.23 bits per heavy atom. The molecule has 0 saturated heterocycles. The summed E-state index contributed by atoms with van der Waals surface area (Å²) in [6.45, 7) is 5.71. The number of hydrogen-bond acceptors (Lipinski definition) is 4. The van der Waals surface area contributed by atoms with E-state index < -0.39 is 0 Å². The molecule has 1 heterocycles. The molecule has 1 amide bonds. The second-order valence-corrected chi connectivity index (χ2v) is 4.34. The van der Waals surface area contributed by atoms with Gasteiger partial charge in [0.1, 0.15) is 5.01 Å². The van der Waals surface area contributed by atoms with Crippen LogP contribution in [-0.4, -0.2) is 16.1 Å².